The number of nitrogens with zero attached hydrogens (tertiary/aromatic N) is 2. The Bertz CT molecular complexity index is 736. The van der Waals surface area contributed by atoms with E-state index in [4.69, 9.17) is 28.5 Å². The summed E-state index contributed by atoms with van der Waals surface area (Å²) in [5, 5.41) is 12.2. The molecule has 0 aliphatic carbocycles. The molecular weight excluding hydrogens is 309 g/mol. The van der Waals surface area contributed by atoms with Crippen LogP contribution in [0.15, 0.2) is 48.2 Å². The van der Waals surface area contributed by atoms with Crippen molar-refractivity contribution in [1.82, 2.24) is 4.98 Å². The molecule has 21 heavy (non-hydrogen) atoms. The number of hydrogen-bond acceptors (Lipinski definition) is 3. The van der Waals surface area contributed by atoms with Crippen LogP contribution in [0.25, 0.3) is 6.08 Å². The average molecular weight is 318 g/mol. The highest BCUT2D eigenvalue weighted by Gasteiger charge is 2.12. The summed E-state index contributed by atoms with van der Waals surface area (Å²) in [4.78, 5) is 16.1. The molecule has 0 radical (unpaired) electrons. The third-order valence-electron chi connectivity index (χ3n) is 2.54. The van der Waals surface area contributed by atoms with Gasteiger partial charge in [-0.3, -0.25) is 9.78 Å². The van der Waals surface area contributed by atoms with E-state index in [1.807, 2.05) is 6.07 Å². The molecule has 0 bridgehead atoms. The molecule has 0 spiro atoms. The number of pyridine rings is 1. The molecule has 1 aromatic carbocycles. The minimum Gasteiger partial charge on any atom is -0.320 e. The van der Waals surface area contributed by atoms with Crippen LogP contribution in [0.2, 0.25) is 10.0 Å². The normalized spacial score (nSPS) is 10.8. The number of anilines is 1. The first kappa shape index (κ1) is 15.0. The molecule has 0 saturated carbocycles. The maximum absolute atomic E-state index is 12.1. The van der Waals surface area contributed by atoms with Gasteiger partial charge >= 0.3 is 0 Å². The Labute approximate surface area is 131 Å². The van der Waals surface area contributed by atoms with Crippen LogP contribution in [0, 0.1) is 11.3 Å². The quantitative estimate of drug-likeness (QED) is 0.689. The van der Waals surface area contributed by atoms with Crippen molar-refractivity contribution >= 4 is 40.9 Å². The molecule has 6 heteroatoms. The monoisotopic (exact) mass is 317 g/mol. The van der Waals surface area contributed by atoms with Gasteiger partial charge in [0.05, 0.1) is 21.4 Å². The van der Waals surface area contributed by atoms with Crippen LogP contribution in [0.5, 0.6) is 0 Å². The third-order valence-corrected chi connectivity index (χ3v) is 3.36. The van der Waals surface area contributed by atoms with Gasteiger partial charge in [-0.15, -0.1) is 0 Å². The molecule has 0 aliphatic rings. The summed E-state index contributed by atoms with van der Waals surface area (Å²) in [5.41, 5.74) is 0.780. The van der Waals surface area contributed by atoms with Crippen molar-refractivity contribution in [2.75, 3.05) is 5.32 Å². The topological polar surface area (TPSA) is 65.8 Å². The lowest BCUT2D eigenvalue weighted by Crippen LogP contribution is -2.13. The number of rotatable bonds is 3. The van der Waals surface area contributed by atoms with Crippen LogP contribution in [-0.2, 0) is 4.79 Å². The molecule has 1 amide bonds. The minimum absolute atomic E-state index is 0.0789. The highest BCUT2D eigenvalue weighted by molar-refractivity contribution is 6.44. The second kappa shape index (κ2) is 6.89. The molecule has 1 N–H and O–H groups in total. The molecule has 1 aromatic heterocycles. The Kier molecular flexibility index (Phi) is 4.94. The van der Waals surface area contributed by atoms with E-state index in [-0.39, 0.29) is 10.6 Å². The number of aromatic nitrogens is 1. The maximum Gasteiger partial charge on any atom is 0.266 e. The van der Waals surface area contributed by atoms with Gasteiger partial charge < -0.3 is 5.32 Å². The number of carbonyl (C=O) groups is 1. The number of halogens is 2. The van der Waals surface area contributed by atoms with E-state index in [1.54, 1.807) is 42.6 Å². The highest BCUT2D eigenvalue weighted by atomic mass is 35.5. The number of amides is 1. The van der Waals surface area contributed by atoms with E-state index in [9.17, 15) is 4.79 Å². The van der Waals surface area contributed by atoms with Crippen LogP contribution in [0.4, 0.5) is 5.69 Å². The summed E-state index contributed by atoms with van der Waals surface area (Å²) in [7, 11) is 0. The molecule has 2 aromatic rings. The summed E-state index contributed by atoms with van der Waals surface area (Å²) >= 11 is 11.9. The molecule has 0 aliphatic heterocycles. The lowest BCUT2D eigenvalue weighted by molar-refractivity contribution is -0.112. The van der Waals surface area contributed by atoms with Crippen LogP contribution >= 0.6 is 23.2 Å². The van der Waals surface area contributed by atoms with E-state index in [0.29, 0.717) is 16.4 Å². The van der Waals surface area contributed by atoms with E-state index < -0.39 is 5.91 Å². The van der Waals surface area contributed by atoms with Crippen molar-refractivity contribution in [2.24, 2.45) is 0 Å². The lowest BCUT2D eigenvalue weighted by atomic mass is 10.2. The maximum atomic E-state index is 12.1. The third kappa shape index (κ3) is 3.82. The Morgan fingerprint density at radius 1 is 1.24 bits per heavy atom. The molecule has 1 heterocycles. The molecule has 0 atom stereocenters. The van der Waals surface area contributed by atoms with Crippen molar-refractivity contribution < 1.29 is 4.79 Å². The predicted octanol–water partition coefficient (Wildman–Crippen LogP) is 3.93. The summed E-state index contributed by atoms with van der Waals surface area (Å²) < 4.78 is 0. The van der Waals surface area contributed by atoms with Gasteiger partial charge in [0.2, 0.25) is 0 Å². The van der Waals surface area contributed by atoms with Gasteiger partial charge in [0.1, 0.15) is 11.6 Å². The summed E-state index contributed by atoms with van der Waals surface area (Å²) in [6, 6.07) is 11.9. The number of carbonyl (C=O) groups excluding carboxylic acids is 1. The molecule has 0 fully saturated rings. The Morgan fingerprint density at radius 3 is 2.71 bits per heavy atom. The van der Waals surface area contributed by atoms with Crippen LogP contribution in [0.3, 0.4) is 0 Å². The van der Waals surface area contributed by atoms with Gasteiger partial charge in [-0.2, -0.15) is 5.26 Å². The van der Waals surface area contributed by atoms with E-state index in [0.717, 1.165) is 0 Å². The second-order valence-electron chi connectivity index (χ2n) is 3.98. The van der Waals surface area contributed by atoms with Crippen molar-refractivity contribution in [3.63, 3.8) is 0 Å². The van der Waals surface area contributed by atoms with E-state index >= 15 is 0 Å². The van der Waals surface area contributed by atoms with Crippen molar-refractivity contribution in [3.05, 3.63) is 63.9 Å². The number of nitriles is 1. The zero-order valence-electron chi connectivity index (χ0n) is 10.7. The van der Waals surface area contributed by atoms with Crippen LogP contribution < -0.4 is 5.32 Å². The average Bonchev–Trinajstić information content (AvgIpc) is 2.50. The predicted molar refractivity (Wildman–Crippen MR) is 82.9 cm³/mol. The molecule has 0 saturated heterocycles. The molecule has 4 nitrogen and oxygen atoms in total. The van der Waals surface area contributed by atoms with Gasteiger partial charge in [-0.1, -0.05) is 35.3 Å². The Hall–Kier alpha value is -2.35. The lowest BCUT2D eigenvalue weighted by Gasteiger charge is -2.07. The Morgan fingerprint density at radius 2 is 2.05 bits per heavy atom. The number of nitrogens with one attached hydrogen (secondary N) is 1. The first-order chi connectivity index (χ1) is 10.1. The van der Waals surface area contributed by atoms with Crippen LogP contribution in [-0.4, -0.2) is 10.9 Å². The number of hydrogen-bond donors (Lipinski definition) is 1. The fourth-order valence-electron chi connectivity index (χ4n) is 1.55. The molecule has 0 unspecified atom stereocenters. The second-order valence-corrected chi connectivity index (χ2v) is 4.77. The fourth-order valence-corrected chi connectivity index (χ4v) is 1.90. The molecule has 2 rings (SSSR count). The van der Waals surface area contributed by atoms with Gasteiger partial charge in [-0.25, -0.2) is 0 Å². The SMILES string of the molecule is N#C/C(=C\c1ccccn1)C(=O)Nc1cccc(Cl)c1Cl. The first-order valence-electron chi connectivity index (χ1n) is 5.90. The van der Waals surface area contributed by atoms with E-state index in [2.05, 4.69) is 10.3 Å². The zero-order valence-corrected chi connectivity index (χ0v) is 12.2. The summed E-state index contributed by atoms with van der Waals surface area (Å²) in [6.45, 7) is 0. The van der Waals surface area contributed by atoms with Crippen LogP contribution in [0.1, 0.15) is 5.69 Å². The van der Waals surface area contributed by atoms with Crippen molar-refractivity contribution in [2.45, 2.75) is 0 Å². The van der Waals surface area contributed by atoms with Crippen molar-refractivity contribution in [1.29, 1.82) is 5.26 Å². The van der Waals surface area contributed by atoms with Gasteiger partial charge in [0.15, 0.2) is 0 Å². The molecule has 104 valence electrons. The minimum atomic E-state index is -0.577. The summed E-state index contributed by atoms with van der Waals surface area (Å²) in [6.07, 6.45) is 2.97. The van der Waals surface area contributed by atoms with E-state index in [1.165, 1.54) is 6.08 Å². The molecular formula is C15H9Cl2N3O. The Balaban J connectivity index is 2.24. The highest BCUT2D eigenvalue weighted by Crippen LogP contribution is 2.29. The van der Waals surface area contributed by atoms with Gasteiger partial charge in [0.25, 0.3) is 5.91 Å². The number of benzene rings is 1. The fraction of sp³-hybridized carbons (Fsp3) is 0. The summed E-state index contributed by atoms with van der Waals surface area (Å²) in [5.74, 6) is -0.577. The largest absolute Gasteiger partial charge is 0.320 e. The van der Waals surface area contributed by atoms with Gasteiger partial charge in [-0.05, 0) is 30.3 Å². The van der Waals surface area contributed by atoms with Crippen molar-refractivity contribution in [3.8, 4) is 6.07 Å². The van der Waals surface area contributed by atoms with Gasteiger partial charge in [0, 0.05) is 6.20 Å². The standard InChI is InChI=1S/C15H9Cl2N3O/c16-12-5-3-6-13(14(12)17)20-15(21)10(9-18)8-11-4-1-2-7-19-11/h1-8H,(H,20,21)/b10-8+. The smallest absolute Gasteiger partial charge is 0.266 e. The zero-order chi connectivity index (χ0) is 15.2. The first-order valence-corrected chi connectivity index (χ1v) is 6.65.